The third-order valence-corrected chi connectivity index (χ3v) is 2.76. The molecule has 0 saturated heterocycles. The molecule has 1 rings (SSSR count). The summed E-state index contributed by atoms with van der Waals surface area (Å²) in [6.07, 6.45) is 0.0272. The molecule has 0 aliphatic heterocycles. The Morgan fingerprint density at radius 2 is 1.89 bits per heavy atom. The van der Waals surface area contributed by atoms with Crippen LogP contribution in [0.5, 0.6) is 0 Å². The zero-order chi connectivity index (χ0) is 13.5. The number of hydrogen-bond acceptors (Lipinski definition) is 3. The lowest BCUT2D eigenvalue weighted by molar-refractivity contribution is -0.137. The molecule has 0 aliphatic rings. The molecule has 19 heavy (non-hydrogen) atoms. The number of nitrogens with zero attached hydrogens (tertiary/aromatic N) is 1. The van der Waals surface area contributed by atoms with Gasteiger partial charge in [0.2, 0.25) is 5.91 Å². The number of aliphatic carboxylic acids is 1. The van der Waals surface area contributed by atoms with Gasteiger partial charge in [-0.05, 0) is 26.1 Å². The van der Waals surface area contributed by atoms with Crippen LogP contribution in [0.2, 0.25) is 0 Å². The molecule has 0 saturated carbocycles. The molecule has 0 bridgehead atoms. The van der Waals surface area contributed by atoms with Crippen LogP contribution in [-0.4, -0.2) is 41.5 Å². The molecule has 0 aromatic heterocycles. The Morgan fingerprint density at radius 1 is 1.32 bits per heavy atom. The number of rotatable bonds is 6. The number of benzene rings is 1. The van der Waals surface area contributed by atoms with Gasteiger partial charge in [0.05, 0.1) is 12.5 Å². The molecule has 1 amide bonds. The lowest BCUT2D eigenvalue weighted by atomic mass is 10.2. The first-order chi connectivity index (χ1) is 8.50. The van der Waals surface area contributed by atoms with Crippen LogP contribution in [0.15, 0.2) is 30.3 Å². The van der Waals surface area contributed by atoms with E-state index in [4.69, 9.17) is 5.11 Å². The second-order valence-electron chi connectivity index (χ2n) is 4.16. The van der Waals surface area contributed by atoms with Gasteiger partial charge in [0.15, 0.2) is 0 Å². The number of nitrogens with one attached hydrogen (secondary N) is 1. The molecule has 0 heterocycles. The summed E-state index contributed by atoms with van der Waals surface area (Å²) in [5.74, 6) is -1.01. The van der Waals surface area contributed by atoms with Crippen LogP contribution >= 0.6 is 12.4 Å². The SMILES string of the molecule is CC(C(=O)Nc1ccccc1)N(C)CCC(=O)O.Cl. The Balaban J connectivity index is 0.00000324. The summed E-state index contributed by atoms with van der Waals surface area (Å²) in [4.78, 5) is 24.1. The van der Waals surface area contributed by atoms with Crippen molar-refractivity contribution in [1.29, 1.82) is 0 Å². The molecule has 0 aliphatic carbocycles. The van der Waals surface area contributed by atoms with E-state index in [2.05, 4.69) is 5.32 Å². The number of likely N-dealkylation sites (N-methyl/N-ethyl adjacent to an activating group) is 1. The van der Waals surface area contributed by atoms with Crippen LogP contribution in [-0.2, 0) is 9.59 Å². The predicted molar refractivity (Wildman–Crippen MR) is 76.7 cm³/mol. The minimum absolute atomic E-state index is 0. The van der Waals surface area contributed by atoms with Crippen molar-refractivity contribution in [3.05, 3.63) is 30.3 Å². The second-order valence-corrected chi connectivity index (χ2v) is 4.16. The number of carboxylic acids is 1. The van der Waals surface area contributed by atoms with Gasteiger partial charge in [0, 0.05) is 12.2 Å². The predicted octanol–water partition coefficient (Wildman–Crippen LogP) is 1.84. The summed E-state index contributed by atoms with van der Waals surface area (Å²) in [5.41, 5.74) is 0.737. The molecule has 1 atom stereocenters. The van der Waals surface area contributed by atoms with Crippen molar-refractivity contribution in [2.75, 3.05) is 18.9 Å². The number of hydrogen-bond donors (Lipinski definition) is 2. The Kier molecular flexibility index (Phi) is 7.79. The van der Waals surface area contributed by atoms with Crippen LogP contribution in [0.3, 0.4) is 0 Å². The quantitative estimate of drug-likeness (QED) is 0.837. The van der Waals surface area contributed by atoms with E-state index in [9.17, 15) is 9.59 Å². The molecule has 0 spiro atoms. The zero-order valence-electron chi connectivity index (χ0n) is 11.0. The minimum atomic E-state index is -0.863. The second kappa shape index (κ2) is 8.50. The highest BCUT2D eigenvalue weighted by atomic mass is 35.5. The lowest BCUT2D eigenvalue weighted by Crippen LogP contribution is -2.40. The van der Waals surface area contributed by atoms with Crippen LogP contribution < -0.4 is 5.32 Å². The third kappa shape index (κ3) is 6.22. The van der Waals surface area contributed by atoms with Gasteiger partial charge in [-0.25, -0.2) is 0 Å². The molecule has 1 aromatic rings. The summed E-state index contributed by atoms with van der Waals surface area (Å²) in [6, 6.07) is 8.80. The van der Waals surface area contributed by atoms with Crippen molar-refractivity contribution in [1.82, 2.24) is 4.90 Å². The van der Waals surface area contributed by atoms with E-state index in [0.29, 0.717) is 6.54 Å². The monoisotopic (exact) mass is 286 g/mol. The maximum absolute atomic E-state index is 11.9. The van der Waals surface area contributed by atoms with E-state index in [1.807, 2.05) is 30.3 Å². The summed E-state index contributed by atoms with van der Waals surface area (Å²) in [7, 11) is 1.73. The summed E-state index contributed by atoms with van der Waals surface area (Å²) < 4.78 is 0. The van der Waals surface area contributed by atoms with Crippen molar-refractivity contribution in [3.63, 3.8) is 0 Å². The molecular weight excluding hydrogens is 268 g/mol. The van der Waals surface area contributed by atoms with Crippen molar-refractivity contribution in [2.45, 2.75) is 19.4 Å². The van der Waals surface area contributed by atoms with E-state index in [1.54, 1.807) is 18.9 Å². The van der Waals surface area contributed by atoms with Crippen molar-refractivity contribution in [3.8, 4) is 0 Å². The van der Waals surface area contributed by atoms with Gasteiger partial charge in [0.1, 0.15) is 0 Å². The maximum atomic E-state index is 11.9. The van der Waals surface area contributed by atoms with Crippen LogP contribution in [0.4, 0.5) is 5.69 Å². The fourth-order valence-electron chi connectivity index (χ4n) is 1.43. The van der Waals surface area contributed by atoms with E-state index < -0.39 is 5.97 Å². The average Bonchev–Trinajstić information content (AvgIpc) is 2.36. The molecule has 0 radical (unpaired) electrons. The third-order valence-electron chi connectivity index (χ3n) is 2.76. The summed E-state index contributed by atoms with van der Waals surface area (Å²) >= 11 is 0. The molecule has 106 valence electrons. The normalized spacial score (nSPS) is 11.5. The van der Waals surface area contributed by atoms with Gasteiger partial charge in [-0.3, -0.25) is 14.5 Å². The molecule has 1 aromatic carbocycles. The van der Waals surface area contributed by atoms with E-state index in [1.165, 1.54) is 0 Å². The number of amides is 1. The standard InChI is InChI=1S/C13H18N2O3.ClH/c1-10(15(2)9-8-12(16)17)13(18)14-11-6-4-3-5-7-11;/h3-7,10H,8-9H2,1-2H3,(H,14,18)(H,16,17);1H. The molecule has 2 N–H and O–H groups in total. The topological polar surface area (TPSA) is 69.6 Å². The highest BCUT2D eigenvalue weighted by molar-refractivity contribution is 5.94. The Bertz CT molecular complexity index is 412. The molecule has 1 unspecified atom stereocenters. The van der Waals surface area contributed by atoms with E-state index in [-0.39, 0.29) is 30.8 Å². The highest BCUT2D eigenvalue weighted by Gasteiger charge is 2.18. The Morgan fingerprint density at radius 3 is 2.42 bits per heavy atom. The van der Waals surface area contributed by atoms with Gasteiger partial charge in [0.25, 0.3) is 0 Å². The number of anilines is 1. The number of halogens is 1. The number of carbonyl (C=O) groups is 2. The summed E-state index contributed by atoms with van der Waals surface area (Å²) in [6.45, 7) is 2.10. The maximum Gasteiger partial charge on any atom is 0.304 e. The van der Waals surface area contributed by atoms with Crippen molar-refractivity contribution in [2.24, 2.45) is 0 Å². The average molecular weight is 287 g/mol. The Labute approximate surface area is 119 Å². The lowest BCUT2D eigenvalue weighted by Gasteiger charge is -2.23. The minimum Gasteiger partial charge on any atom is -0.481 e. The van der Waals surface area contributed by atoms with Gasteiger partial charge in [-0.1, -0.05) is 18.2 Å². The van der Waals surface area contributed by atoms with Gasteiger partial charge < -0.3 is 10.4 Å². The number of carbonyl (C=O) groups excluding carboxylic acids is 1. The number of para-hydroxylation sites is 1. The first-order valence-corrected chi connectivity index (χ1v) is 5.78. The van der Waals surface area contributed by atoms with Crippen molar-refractivity contribution < 1.29 is 14.7 Å². The van der Waals surface area contributed by atoms with Crippen LogP contribution in [0.25, 0.3) is 0 Å². The van der Waals surface area contributed by atoms with E-state index >= 15 is 0 Å². The zero-order valence-corrected chi connectivity index (χ0v) is 11.8. The smallest absolute Gasteiger partial charge is 0.304 e. The highest BCUT2D eigenvalue weighted by Crippen LogP contribution is 2.07. The van der Waals surface area contributed by atoms with Crippen LogP contribution in [0, 0.1) is 0 Å². The number of carboxylic acid groups (broad SMARTS) is 1. The fourth-order valence-corrected chi connectivity index (χ4v) is 1.43. The van der Waals surface area contributed by atoms with Gasteiger partial charge in [-0.15, -0.1) is 12.4 Å². The molecular formula is C13H19ClN2O3. The van der Waals surface area contributed by atoms with Crippen molar-refractivity contribution >= 4 is 30.0 Å². The fraction of sp³-hybridized carbons (Fsp3) is 0.385. The first kappa shape index (κ1) is 17.4. The molecule has 5 nitrogen and oxygen atoms in total. The van der Waals surface area contributed by atoms with Gasteiger partial charge in [-0.2, -0.15) is 0 Å². The van der Waals surface area contributed by atoms with E-state index in [0.717, 1.165) is 5.69 Å². The van der Waals surface area contributed by atoms with Gasteiger partial charge >= 0.3 is 5.97 Å². The first-order valence-electron chi connectivity index (χ1n) is 5.78. The summed E-state index contributed by atoms with van der Waals surface area (Å²) in [5, 5.41) is 11.4. The largest absolute Gasteiger partial charge is 0.481 e. The molecule has 0 fully saturated rings. The van der Waals surface area contributed by atoms with Crippen LogP contribution in [0.1, 0.15) is 13.3 Å². The molecule has 6 heteroatoms. The Hall–Kier alpha value is -1.59.